The van der Waals surface area contributed by atoms with Crippen LogP contribution in [-0.2, 0) is 6.18 Å². The third-order valence-corrected chi connectivity index (χ3v) is 4.28. The van der Waals surface area contributed by atoms with Crippen LogP contribution < -0.4 is 10.5 Å². The number of rotatable bonds is 4. The molecule has 0 saturated heterocycles. The van der Waals surface area contributed by atoms with E-state index in [4.69, 9.17) is 10.5 Å². The molecule has 4 nitrogen and oxygen atoms in total. The Balaban J connectivity index is 1.87. The highest BCUT2D eigenvalue weighted by Crippen LogP contribution is 2.37. The molecular weight excluding hydrogens is 372 g/mol. The Hall–Kier alpha value is -2.94. The van der Waals surface area contributed by atoms with E-state index in [9.17, 15) is 22.4 Å². The summed E-state index contributed by atoms with van der Waals surface area (Å²) in [6, 6.07) is 9.01. The molecule has 2 N–H and O–H groups in total. The number of alkyl halides is 3. The van der Waals surface area contributed by atoms with Gasteiger partial charge in [0.2, 0.25) is 11.8 Å². The van der Waals surface area contributed by atoms with Crippen LogP contribution in [0.1, 0.15) is 15.2 Å². The lowest BCUT2D eigenvalue weighted by Crippen LogP contribution is -2.11. The number of nitrogens with zero attached hydrogens (tertiary/aromatic N) is 1. The zero-order valence-electron chi connectivity index (χ0n) is 12.9. The number of thiophene rings is 1. The quantitative estimate of drug-likeness (QED) is 0.656. The summed E-state index contributed by atoms with van der Waals surface area (Å²) in [6.45, 7) is 0. The zero-order valence-corrected chi connectivity index (χ0v) is 13.7. The van der Waals surface area contributed by atoms with Gasteiger partial charge < -0.3 is 10.5 Å². The molecule has 9 heteroatoms. The molecule has 26 heavy (non-hydrogen) atoms. The van der Waals surface area contributed by atoms with Crippen molar-refractivity contribution in [2.24, 2.45) is 5.73 Å². The van der Waals surface area contributed by atoms with E-state index in [1.807, 2.05) is 0 Å². The van der Waals surface area contributed by atoms with Crippen LogP contribution in [0, 0.1) is 5.82 Å². The highest BCUT2D eigenvalue weighted by Gasteiger charge is 2.32. The highest BCUT2D eigenvalue weighted by molar-refractivity contribution is 7.10. The maximum atomic E-state index is 14.2. The molecule has 2 heterocycles. The molecule has 3 aromatic rings. The van der Waals surface area contributed by atoms with Crippen LogP contribution in [0.3, 0.4) is 0 Å². The fourth-order valence-electron chi connectivity index (χ4n) is 2.14. The minimum atomic E-state index is -4.45. The number of aromatic nitrogens is 1. The first-order chi connectivity index (χ1) is 12.2. The predicted molar refractivity (Wildman–Crippen MR) is 87.5 cm³/mol. The van der Waals surface area contributed by atoms with Gasteiger partial charge in [0.15, 0.2) is 0 Å². The van der Waals surface area contributed by atoms with E-state index in [1.165, 1.54) is 35.7 Å². The van der Waals surface area contributed by atoms with Crippen LogP contribution in [0.15, 0.2) is 47.8 Å². The van der Waals surface area contributed by atoms with Crippen molar-refractivity contribution >= 4 is 17.2 Å². The summed E-state index contributed by atoms with van der Waals surface area (Å²) in [7, 11) is 0. The summed E-state index contributed by atoms with van der Waals surface area (Å²) >= 11 is 0.502. The van der Waals surface area contributed by atoms with Crippen LogP contribution in [0.5, 0.6) is 11.6 Å². The number of carbonyl (C=O) groups excluding carboxylic acids is 1. The summed E-state index contributed by atoms with van der Waals surface area (Å²) in [5.74, 6) is -1.48. The molecule has 0 bridgehead atoms. The fourth-order valence-corrected chi connectivity index (χ4v) is 2.82. The lowest BCUT2D eigenvalue weighted by molar-refractivity contribution is -0.134. The van der Waals surface area contributed by atoms with Crippen LogP contribution >= 0.6 is 11.3 Å². The molecule has 0 aliphatic rings. The number of primary amides is 1. The standard InChI is InChI=1S/C17H10F4N2O2S/c18-12-6-9(16(22)24)4-5-11(12)13-2-1-3-15(23-13)25-10-7-14(26-8-10)17(19,20)21/h1-8H,(H2,22,24). The Bertz CT molecular complexity index is 969. The first kappa shape index (κ1) is 17.9. The smallest absolute Gasteiger partial charge is 0.425 e. The maximum Gasteiger partial charge on any atom is 0.425 e. The first-order valence-electron chi connectivity index (χ1n) is 7.14. The molecule has 0 fully saturated rings. The van der Waals surface area contributed by atoms with Crippen molar-refractivity contribution in [1.82, 2.24) is 4.98 Å². The van der Waals surface area contributed by atoms with E-state index >= 15 is 0 Å². The number of hydrogen-bond acceptors (Lipinski definition) is 4. The zero-order chi connectivity index (χ0) is 18.9. The summed E-state index contributed by atoms with van der Waals surface area (Å²) in [4.78, 5) is 14.4. The average Bonchev–Trinajstić information content (AvgIpc) is 3.03. The molecule has 1 amide bonds. The minimum Gasteiger partial charge on any atom is -0.438 e. The first-order valence-corrected chi connectivity index (χ1v) is 8.02. The average molecular weight is 382 g/mol. The second kappa shape index (κ2) is 6.75. The van der Waals surface area contributed by atoms with Gasteiger partial charge in [0.1, 0.15) is 16.4 Å². The number of benzene rings is 1. The lowest BCUT2D eigenvalue weighted by atomic mass is 10.1. The van der Waals surface area contributed by atoms with Crippen molar-refractivity contribution < 1.29 is 27.1 Å². The van der Waals surface area contributed by atoms with E-state index in [1.54, 1.807) is 0 Å². The SMILES string of the molecule is NC(=O)c1ccc(-c2cccc(Oc3csc(C(F)(F)F)c3)n2)c(F)c1. The van der Waals surface area contributed by atoms with E-state index in [-0.39, 0.29) is 28.5 Å². The van der Waals surface area contributed by atoms with Gasteiger partial charge in [-0.25, -0.2) is 9.37 Å². The van der Waals surface area contributed by atoms with Gasteiger partial charge in [-0.15, -0.1) is 11.3 Å². The molecule has 0 unspecified atom stereocenters. The molecule has 0 aliphatic carbocycles. The normalized spacial score (nSPS) is 11.4. The van der Waals surface area contributed by atoms with Gasteiger partial charge in [-0.05, 0) is 24.3 Å². The number of ether oxygens (including phenoxy) is 1. The fraction of sp³-hybridized carbons (Fsp3) is 0.0588. The molecular formula is C17H10F4N2O2S. The molecule has 0 radical (unpaired) electrons. The van der Waals surface area contributed by atoms with Crippen molar-refractivity contribution in [2.75, 3.05) is 0 Å². The molecule has 0 atom stereocenters. The third-order valence-electron chi connectivity index (χ3n) is 3.33. The summed E-state index contributed by atoms with van der Waals surface area (Å²) in [6.07, 6.45) is -4.45. The van der Waals surface area contributed by atoms with E-state index < -0.39 is 22.8 Å². The second-order valence-corrected chi connectivity index (χ2v) is 6.08. The Morgan fingerprint density at radius 3 is 2.54 bits per heavy atom. The predicted octanol–water partition coefficient (Wildman–Crippen LogP) is 4.86. The largest absolute Gasteiger partial charge is 0.438 e. The third kappa shape index (κ3) is 3.83. The number of halogens is 4. The number of amides is 1. The minimum absolute atomic E-state index is 0.00685. The molecule has 134 valence electrons. The van der Waals surface area contributed by atoms with Gasteiger partial charge in [0.25, 0.3) is 0 Å². The molecule has 3 rings (SSSR count). The number of carbonyl (C=O) groups is 1. The van der Waals surface area contributed by atoms with E-state index in [0.717, 1.165) is 12.1 Å². The number of nitrogens with two attached hydrogens (primary N) is 1. The van der Waals surface area contributed by atoms with Crippen molar-refractivity contribution in [3.63, 3.8) is 0 Å². The monoisotopic (exact) mass is 382 g/mol. The van der Waals surface area contributed by atoms with Gasteiger partial charge >= 0.3 is 6.18 Å². The van der Waals surface area contributed by atoms with Crippen molar-refractivity contribution in [3.8, 4) is 22.9 Å². The van der Waals surface area contributed by atoms with Gasteiger partial charge in [0.05, 0.1) is 5.69 Å². The Kier molecular flexibility index (Phi) is 4.64. The Labute approximate surface area is 148 Å². The Morgan fingerprint density at radius 2 is 1.92 bits per heavy atom. The van der Waals surface area contributed by atoms with Gasteiger partial charge in [-0.2, -0.15) is 13.2 Å². The van der Waals surface area contributed by atoms with Crippen LogP contribution in [0.4, 0.5) is 17.6 Å². The van der Waals surface area contributed by atoms with E-state index in [0.29, 0.717) is 11.3 Å². The van der Waals surface area contributed by atoms with Crippen molar-refractivity contribution in [3.05, 3.63) is 64.1 Å². The van der Waals surface area contributed by atoms with Crippen LogP contribution in [0.2, 0.25) is 0 Å². The molecule has 0 spiro atoms. The van der Waals surface area contributed by atoms with Crippen molar-refractivity contribution in [2.45, 2.75) is 6.18 Å². The molecule has 0 saturated carbocycles. The van der Waals surface area contributed by atoms with Crippen LogP contribution in [0.25, 0.3) is 11.3 Å². The molecule has 0 aliphatic heterocycles. The van der Waals surface area contributed by atoms with Crippen molar-refractivity contribution in [1.29, 1.82) is 0 Å². The van der Waals surface area contributed by atoms with E-state index in [2.05, 4.69) is 4.98 Å². The van der Waals surface area contributed by atoms with Gasteiger partial charge in [-0.3, -0.25) is 4.79 Å². The highest BCUT2D eigenvalue weighted by atomic mass is 32.1. The summed E-state index contributed by atoms with van der Waals surface area (Å²) in [5.41, 5.74) is 5.40. The number of pyridine rings is 1. The number of hydrogen-bond donors (Lipinski definition) is 1. The Morgan fingerprint density at radius 1 is 1.15 bits per heavy atom. The molecule has 1 aromatic carbocycles. The topological polar surface area (TPSA) is 65.2 Å². The summed E-state index contributed by atoms with van der Waals surface area (Å²) < 4.78 is 57.4. The van der Waals surface area contributed by atoms with Crippen LogP contribution in [-0.4, -0.2) is 10.9 Å². The molecule has 2 aromatic heterocycles. The van der Waals surface area contributed by atoms with Gasteiger partial charge in [0, 0.05) is 28.6 Å². The maximum absolute atomic E-state index is 14.2. The van der Waals surface area contributed by atoms with Gasteiger partial charge in [-0.1, -0.05) is 6.07 Å². The summed E-state index contributed by atoms with van der Waals surface area (Å²) in [5, 5.41) is 1.21. The lowest BCUT2D eigenvalue weighted by Gasteiger charge is -2.07. The second-order valence-electron chi connectivity index (χ2n) is 5.17.